The van der Waals surface area contributed by atoms with Gasteiger partial charge in [0.2, 0.25) is 6.34 Å². The predicted molar refractivity (Wildman–Crippen MR) is 20.9 cm³/mol. The standard InChI is InChI=1S/C3HN2O/c6-3-1-4-2-5-3/h1H. The Kier molecular flexibility index (Phi) is 0.538. The van der Waals surface area contributed by atoms with Crippen LogP contribution in [0, 0.1) is 0 Å². The smallest absolute Gasteiger partial charge is 0.266 e. The second kappa shape index (κ2) is 1.01. The number of amides is 1. The fraction of sp³-hybridized carbons (Fsp3) is 0. The van der Waals surface area contributed by atoms with Gasteiger partial charge in [0.1, 0.15) is 0 Å². The summed E-state index contributed by atoms with van der Waals surface area (Å²) in [5, 5.41) is 0. The molecule has 0 bridgehead atoms. The molecule has 3 heteroatoms. The summed E-state index contributed by atoms with van der Waals surface area (Å²) < 4.78 is 0. The molecule has 1 aliphatic heterocycles. The molecule has 0 aromatic rings. The summed E-state index contributed by atoms with van der Waals surface area (Å²) in [7, 11) is 0. The minimum atomic E-state index is -0.324. The molecule has 0 saturated heterocycles. The summed E-state index contributed by atoms with van der Waals surface area (Å²) in [6.07, 6.45) is 3.23. The Morgan fingerprint density at radius 1 is 1.83 bits per heavy atom. The van der Waals surface area contributed by atoms with Gasteiger partial charge in [-0.1, -0.05) is 0 Å². The third-order valence-corrected chi connectivity index (χ3v) is 0.393. The Balaban J connectivity index is 2.86. The molecule has 0 aromatic carbocycles. The fourth-order valence-electron chi connectivity index (χ4n) is 0.191. The van der Waals surface area contributed by atoms with E-state index >= 15 is 0 Å². The molecule has 1 aliphatic rings. The number of aliphatic imine (C=N–C) groups is 2. The first-order chi connectivity index (χ1) is 2.89. The zero-order valence-corrected chi connectivity index (χ0v) is 2.88. The van der Waals surface area contributed by atoms with Crippen molar-refractivity contribution in [2.45, 2.75) is 0 Å². The van der Waals surface area contributed by atoms with Crippen LogP contribution in [0.1, 0.15) is 0 Å². The minimum absolute atomic E-state index is 0.324. The average Bonchev–Trinajstić information content (AvgIpc) is 1.86. The summed E-state index contributed by atoms with van der Waals surface area (Å²) in [5.74, 6) is -0.324. The third-order valence-electron chi connectivity index (χ3n) is 0.393. The van der Waals surface area contributed by atoms with Crippen LogP contribution in [0.25, 0.3) is 0 Å². The van der Waals surface area contributed by atoms with E-state index in [0.717, 1.165) is 6.21 Å². The zero-order valence-electron chi connectivity index (χ0n) is 2.88. The molecule has 1 heterocycles. The van der Waals surface area contributed by atoms with Crippen LogP contribution in [0.4, 0.5) is 0 Å². The Labute approximate surface area is 34.4 Å². The Morgan fingerprint density at radius 3 is 2.83 bits per heavy atom. The van der Waals surface area contributed by atoms with E-state index in [1.54, 1.807) is 0 Å². The van der Waals surface area contributed by atoms with E-state index in [1.807, 2.05) is 0 Å². The minimum Gasteiger partial charge on any atom is -0.266 e. The van der Waals surface area contributed by atoms with Crippen LogP contribution in [-0.2, 0) is 4.79 Å². The second-order valence-electron chi connectivity index (χ2n) is 0.808. The van der Waals surface area contributed by atoms with Gasteiger partial charge in [0.05, 0.1) is 6.21 Å². The van der Waals surface area contributed by atoms with Gasteiger partial charge in [0.25, 0.3) is 5.91 Å². The quantitative estimate of drug-likeness (QED) is 0.387. The SMILES string of the molecule is O=C1C=N[C]=N1. The molecule has 0 atom stereocenters. The first-order valence-corrected chi connectivity index (χ1v) is 1.42. The predicted octanol–water partition coefficient (Wildman–Crippen LogP) is -0.497. The first kappa shape index (κ1) is 3.21. The molecule has 0 unspecified atom stereocenters. The van der Waals surface area contributed by atoms with Gasteiger partial charge < -0.3 is 0 Å². The molecule has 0 aliphatic carbocycles. The Morgan fingerprint density at radius 2 is 2.67 bits per heavy atom. The summed E-state index contributed by atoms with van der Waals surface area (Å²) in [4.78, 5) is 16.3. The van der Waals surface area contributed by atoms with Crippen molar-refractivity contribution in [3.05, 3.63) is 0 Å². The van der Waals surface area contributed by atoms with Gasteiger partial charge in [0, 0.05) is 0 Å². The summed E-state index contributed by atoms with van der Waals surface area (Å²) >= 11 is 0. The van der Waals surface area contributed by atoms with E-state index in [9.17, 15) is 4.79 Å². The van der Waals surface area contributed by atoms with Crippen LogP contribution in [0.2, 0.25) is 0 Å². The lowest BCUT2D eigenvalue weighted by Crippen LogP contribution is -1.84. The highest BCUT2D eigenvalue weighted by Crippen LogP contribution is 1.75. The highest BCUT2D eigenvalue weighted by atomic mass is 16.1. The fourth-order valence-corrected chi connectivity index (χ4v) is 0.191. The molecule has 0 N–H and O–H groups in total. The molecular weight excluding hydrogens is 80.0 g/mol. The molecule has 0 aromatic heterocycles. The largest absolute Gasteiger partial charge is 0.290 e. The number of hydrogen-bond acceptors (Lipinski definition) is 2. The molecule has 1 rings (SSSR count). The van der Waals surface area contributed by atoms with Gasteiger partial charge in [-0.2, -0.15) is 4.99 Å². The van der Waals surface area contributed by atoms with Crippen LogP contribution in [0.5, 0.6) is 0 Å². The lowest BCUT2D eigenvalue weighted by atomic mass is 10.7. The van der Waals surface area contributed by atoms with Gasteiger partial charge >= 0.3 is 0 Å². The molecule has 0 fully saturated rings. The van der Waals surface area contributed by atoms with Gasteiger partial charge in [-0.15, -0.1) is 0 Å². The van der Waals surface area contributed by atoms with E-state index in [0.29, 0.717) is 0 Å². The van der Waals surface area contributed by atoms with Gasteiger partial charge in [-0.05, 0) is 0 Å². The topological polar surface area (TPSA) is 41.8 Å². The number of carbonyl (C=O) groups excluding carboxylic acids is 1. The molecule has 6 heavy (non-hydrogen) atoms. The molecule has 1 amide bonds. The van der Waals surface area contributed by atoms with Crippen LogP contribution >= 0.6 is 0 Å². The van der Waals surface area contributed by atoms with E-state index in [4.69, 9.17) is 0 Å². The molecule has 0 saturated carbocycles. The number of carbonyl (C=O) groups is 1. The van der Waals surface area contributed by atoms with Gasteiger partial charge in [-0.25, -0.2) is 4.99 Å². The first-order valence-electron chi connectivity index (χ1n) is 1.42. The molecule has 29 valence electrons. The van der Waals surface area contributed by atoms with Crippen molar-refractivity contribution >= 4 is 18.5 Å². The number of nitrogens with zero attached hydrogens (tertiary/aromatic N) is 2. The van der Waals surface area contributed by atoms with E-state index < -0.39 is 0 Å². The molecule has 1 radical (unpaired) electrons. The van der Waals surface area contributed by atoms with Crippen molar-refractivity contribution in [2.24, 2.45) is 9.98 Å². The maximum atomic E-state index is 9.86. The highest BCUT2D eigenvalue weighted by molar-refractivity contribution is 6.32. The Hall–Kier alpha value is -0.990. The maximum absolute atomic E-state index is 9.86. The Bertz CT molecular complexity index is 111. The monoisotopic (exact) mass is 81.0 g/mol. The van der Waals surface area contributed by atoms with Crippen molar-refractivity contribution < 1.29 is 4.79 Å². The van der Waals surface area contributed by atoms with Crippen molar-refractivity contribution in [1.29, 1.82) is 0 Å². The molecule has 0 spiro atoms. The number of rotatable bonds is 0. The second-order valence-corrected chi connectivity index (χ2v) is 0.808. The lowest BCUT2D eigenvalue weighted by molar-refractivity contribution is -0.111. The zero-order chi connectivity index (χ0) is 4.41. The van der Waals surface area contributed by atoms with Crippen LogP contribution in [0.3, 0.4) is 0 Å². The highest BCUT2D eigenvalue weighted by Gasteiger charge is 1.93. The summed E-state index contributed by atoms with van der Waals surface area (Å²) in [6.45, 7) is 0. The van der Waals surface area contributed by atoms with Crippen molar-refractivity contribution in [3.8, 4) is 0 Å². The van der Waals surface area contributed by atoms with Gasteiger partial charge in [-0.3, -0.25) is 4.79 Å². The summed E-state index contributed by atoms with van der Waals surface area (Å²) in [6, 6.07) is 0. The van der Waals surface area contributed by atoms with Crippen molar-refractivity contribution in [2.75, 3.05) is 0 Å². The van der Waals surface area contributed by atoms with Crippen LogP contribution < -0.4 is 0 Å². The van der Waals surface area contributed by atoms with Crippen LogP contribution in [0.15, 0.2) is 9.98 Å². The molecule has 3 nitrogen and oxygen atoms in total. The normalized spacial score (nSPS) is 17.0. The van der Waals surface area contributed by atoms with Crippen LogP contribution in [-0.4, -0.2) is 18.5 Å². The number of hydrogen-bond donors (Lipinski definition) is 0. The molecular formula is C3HN2O. The maximum Gasteiger partial charge on any atom is 0.290 e. The third kappa shape index (κ3) is 0.337. The van der Waals surface area contributed by atoms with Crippen molar-refractivity contribution in [3.63, 3.8) is 0 Å². The van der Waals surface area contributed by atoms with E-state index in [2.05, 4.69) is 16.3 Å². The van der Waals surface area contributed by atoms with Crippen molar-refractivity contribution in [1.82, 2.24) is 0 Å². The van der Waals surface area contributed by atoms with Gasteiger partial charge in [0.15, 0.2) is 0 Å². The lowest BCUT2D eigenvalue weighted by Gasteiger charge is -1.59. The van der Waals surface area contributed by atoms with E-state index in [1.165, 1.54) is 0 Å². The van der Waals surface area contributed by atoms with E-state index in [-0.39, 0.29) is 5.91 Å². The summed E-state index contributed by atoms with van der Waals surface area (Å²) in [5.41, 5.74) is 0. The average molecular weight is 81.1 g/mol.